The molecule has 0 aliphatic heterocycles. The Bertz CT molecular complexity index is 69.1. The van der Waals surface area contributed by atoms with E-state index in [1.807, 2.05) is 0 Å². The summed E-state index contributed by atoms with van der Waals surface area (Å²) in [5.41, 5.74) is -1.30. The van der Waals surface area contributed by atoms with Crippen LogP contribution < -0.4 is 34.7 Å². The van der Waals surface area contributed by atoms with E-state index in [4.69, 9.17) is 10.2 Å². The molecule has 0 aliphatic rings. The smallest absolute Gasteiger partial charge is 0.848 e. The van der Waals surface area contributed by atoms with Crippen molar-refractivity contribution in [1.29, 1.82) is 0 Å². The van der Waals surface area contributed by atoms with Gasteiger partial charge in [-0.05, 0) is 13.8 Å². The second kappa shape index (κ2) is 4.66. The molecule has 0 aromatic carbocycles. The van der Waals surface area contributed by atoms with Gasteiger partial charge in [-0.2, -0.15) is 0 Å². The second-order valence-corrected chi connectivity index (χ2v) is 2.32. The summed E-state index contributed by atoms with van der Waals surface area (Å²) < 4.78 is 0. The summed E-state index contributed by atoms with van der Waals surface area (Å²) in [5.74, 6) is 0. The molecule has 0 aromatic heterocycles. The molecule has 0 spiro atoms. The molecule has 0 radical (unpaired) electrons. The molecule has 0 heterocycles. The van der Waals surface area contributed by atoms with Crippen molar-refractivity contribution in [1.82, 2.24) is 0 Å². The van der Waals surface area contributed by atoms with Crippen LogP contribution in [-0.2, 0) is 0 Å². The van der Waals surface area contributed by atoms with Crippen molar-refractivity contribution in [3.63, 3.8) is 0 Å². The predicted molar refractivity (Wildman–Crippen MR) is 27.2 cm³/mol. The van der Waals surface area contributed by atoms with E-state index in [0.717, 1.165) is 0 Å². The third-order valence-corrected chi connectivity index (χ3v) is 0.954. The van der Waals surface area contributed by atoms with Gasteiger partial charge in [-0.25, -0.2) is 0 Å². The third kappa shape index (κ3) is 5.33. The molecule has 1 atom stereocenters. The van der Waals surface area contributed by atoms with Gasteiger partial charge in [0.15, 0.2) is 0 Å². The Labute approximate surface area is 77.0 Å². The molecule has 50 valence electrons. The Morgan fingerprint density at radius 2 is 1.89 bits per heavy atom. The first-order chi connectivity index (χ1) is 3.48. The van der Waals surface area contributed by atoms with E-state index >= 15 is 0 Å². The molecule has 0 fully saturated rings. The van der Waals surface area contributed by atoms with Crippen molar-refractivity contribution in [2.45, 2.75) is 25.6 Å². The van der Waals surface area contributed by atoms with Gasteiger partial charge in [0.25, 0.3) is 0 Å². The van der Waals surface area contributed by atoms with E-state index in [1.54, 1.807) is 0 Å². The van der Waals surface area contributed by atoms with Crippen LogP contribution >= 0.6 is 0 Å². The van der Waals surface area contributed by atoms with Crippen LogP contribution in [0.25, 0.3) is 0 Å². The van der Waals surface area contributed by atoms with Crippen LogP contribution in [0.2, 0.25) is 0 Å². The number of rotatable bonds is 2. The van der Waals surface area contributed by atoms with Crippen molar-refractivity contribution < 1.29 is 44.9 Å². The monoisotopic (exact) mass is 142 g/mol. The van der Waals surface area contributed by atoms with Gasteiger partial charge in [0.2, 0.25) is 0 Å². The Kier molecular flexibility index (Phi) is 6.49. The summed E-state index contributed by atoms with van der Waals surface area (Å²) in [4.78, 5) is 0. The van der Waals surface area contributed by atoms with Gasteiger partial charge >= 0.3 is 29.6 Å². The zero-order chi connectivity index (χ0) is 6.78. The minimum absolute atomic E-state index is 0. The van der Waals surface area contributed by atoms with E-state index in [0.29, 0.717) is 0 Å². The van der Waals surface area contributed by atoms with Crippen LogP contribution in [0.1, 0.15) is 13.8 Å². The zero-order valence-corrected chi connectivity index (χ0v) is 8.09. The fourth-order valence-corrected chi connectivity index (χ4v) is 0.223. The first-order valence-electron chi connectivity index (χ1n) is 2.47. The molecular weight excluding hydrogens is 131 g/mol. The summed E-state index contributed by atoms with van der Waals surface area (Å²) >= 11 is 0. The molecule has 0 amide bonds. The number of hydrogen-bond donors (Lipinski definition) is 2. The maximum Gasteiger partial charge on any atom is 1.00 e. The Morgan fingerprint density at radius 1 is 1.56 bits per heavy atom. The second-order valence-electron chi connectivity index (χ2n) is 2.32. The molecule has 0 aliphatic carbocycles. The van der Waals surface area contributed by atoms with E-state index < -0.39 is 18.3 Å². The van der Waals surface area contributed by atoms with Crippen LogP contribution in [-0.4, -0.2) is 28.5 Å². The molecule has 0 saturated carbocycles. The summed E-state index contributed by atoms with van der Waals surface area (Å²) in [6.07, 6.45) is -1.29. The van der Waals surface area contributed by atoms with E-state index in [1.165, 1.54) is 13.8 Å². The topological polar surface area (TPSA) is 63.5 Å². The Balaban J connectivity index is 0. The number of aliphatic hydroxyl groups is 2. The first-order valence-corrected chi connectivity index (χ1v) is 2.47. The standard InChI is InChI=1S/C5H11O3.Na/c1-5(2,8)4(7)3-6;/h4,6,8H,3H2,1-2H3;/q-1;+1. The van der Waals surface area contributed by atoms with Crippen molar-refractivity contribution >= 4 is 0 Å². The maximum absolute atomic E-state index is 10.4. The van der Waals surface area contributed by atoms with Gasteiger partial charge in [0.05, 0.1) is 0 Å². The summed E-state index contributed by atoms with van der Waals surface area (Å²) in [6, 6.07) is 0. The predicted octanol–water partition coefficient (Wildman–Crippen LogP) is -4.52. The largest absolute Gasteiger partial charge is 1.00 e. The molecule has 0 rings (SSSR count). The van der Waals surface area contributed by atoms with Crippen molar-refractivity contribution in [2.75, 3.05) is 6.61 Å². The normalized spacial score (nSPS) is 14.3. The maximum atomic E-state index is 10.4. The quantitative estimate of drug-likeness (QED) is 0.382. The molecule has 0 aromatic rings. The number of hydrogen-bond acceptors (Lipinski definition) is 3. The summed E-state index contributed by atoms with van der Waals surface area (Å²) in [7, 11) is 0. The van der Waals surface area contributed by atoms with Gasteiger partial charge in [0.1, 0.15) is 0 Å². The first kappa shape index (κ1) is 12.5. The van der Waals surface area contributed by atoms with Crippen molar-refractivity contribution in [2.24, 2.45) is 0 Å². The molecule has 9 heavy (non-hydrogen) atoms. The SMILES string of the molecule is CC(C)(O)C([O-])CO.[Na+]. The van der Waals surface area contributed by atoms with E-state index in [2.05, 4.69) is 0 Å². The average Bonchev–Trinajstić information content (AvgIpc) is 1.62. The van der Waals surface area contributed by atoms with Gasteiger partial charge in [-0.15, -0.1) is 0 Å². The minimum atomic E-state index is -1.30. The zero-order valence-electron chi connectivity index (χ0n) is 6.09. The summed E-state index contributed by atoms with van der Waals surface area (Å²) in [6.45, 7) is 2.24. The van der Waals surface area contributed by atoms with Crippen LogP contribution in [0.15, 0.2) is 0 Å². The van der Waals surface area contributed by atoms with Crippen LogP contribution in [0.5, 0.6) is 0 Å². The molecule has 4 heteroatoms. The summed E-state index contributed by atoms with van der Waals surface area (Å²) in [5, 5.41) is 27.4. The van der Waals surface area contributed by atoms with Crippen molar-refractivity contribution in [3.8, 4) is 0 Å². The van der Waals surface area contributed by atoms with Gasteiger partial charge in [-0.3, -0.25) is 0 Å². The Hall–Kier alpha value is 0.880. The molecule has 2 N–H and O–H groups in total. The minimum Gasteiger partial charge on any atom is -0.848 e. The molecule has 3 nitrogen and oxygen atoms in total. The third-order valence-electron chi connectivity index (χ3n) is 0.954. The Morgan fingerprint density at radius 3 is 1.89 bits per heavy atom. The van der Waals surface area contributed by atoms with E-state index in [9.17, 15) is 5.11 Å². The van der Waals surface area contributed by atoms with Crippen LogP contribution in [0, 0.1) is 0 Å². The fraction of sp³-hybridized carbons (Fsp3) is 1.00. The fourth-order valence-electron chi connectivity index (χ4n) is 0.223. The van der Waals surface area contributed by atoms with Crippen molar-refractivity contribution in [3.05, 3.63) is 0 Å². The molecule has 0 bridgehead atoms. The van der Waals surface area contributed by atoms with Gasteiger partial charge in [-0.1, -0.05) is 6.10 Å². The van der Waals surface area contributed by atoms with Gasteiger partial charge < -0.3 is 15.3 Å². The van der Waals surface area contributed by atoms with E-state index in [-0.39, 0.29) is 29.6 Å². The molecular formula is C5H11NaO3. The van der Waals surface area contributed by atoms with Crippen LogP contribution in [0.3, 0.4) is 0 Å². The van der Waals surface area contributed by atoms with Gasteiger partial charge in [0, 0.05) is 12.2 Å². The molecule has 1 unspecified atom stereocenters. The van der Waals surface area contributed by atoms with Crippen LogP contribution in [0.4, 0.5) is 0 Å². The average molecular weight is 142 g/mol. The molecule has 0 saturated heterocycles. The number of aliphatic hydroxyl groups excluding tert-OH is 1.